The molecule has 0 saturated heterocycles. The van der Waals surface area contributed by atoms with E-state index in [1.54, 1.807) is 0 Å². The molecule has 0 amide bonds. The van der Waals surface area contributed by atoms with E-state index in [2.05, 4.69) is 0 Å². The highest BCUT2D eigenvalue weighted by Crippen LogP contribution is 1.98. The van der Waals surface area contributed by atoms with Crippen LogP contribution in [0.25, 0.3) is 0 Å². The topological polar surface area (TPSA) is 85.3 Å². The third-order valence-corrected chi connectivity index (χ3v) is 1.55. The Morgan fingerprint density at radius 2 is 2.17 bits per heavy atom. The summed E-state index contributed by atoms with van der Waals surface area (Å²) in [5.41, 5.74) is 4.74. The summed E-state index contributed by atoms with van der Waals surface area (Å²) in [6.07, 6.45) is 0. The van der Waals surface area contributed by atoms with Gasteiger partial charge in [0.25, 0.3) is 5.56 Å². The Morgan fingerprint density at radius 1 is 1.58 bits per heavy atom. The van der Waals surface area contributed by atoms with Gasteiger partial charge in [0.2, 0.25) is 0 Å². The lowest BCUT2D eigenvalue weighted by Crippen LogP contribution is -2.24. The molecular formula is C7H8N2O3. The van der Waals surface area contributed by atoms with Crippen molar-refractivity contribution in [3.63, 3.8) is 0 Å². The van der Waals surface area contributed by atoms with Crippen molar-refractivity contribution in [2.75, 3.05) is 5.73 Å². The Bertz CT molecular complexity index is 381. The van der Waals surface area contributed by atoms with Gasteiger partial charge in [-0.1, -0.05) is 0 Å². The molecule has 3 N–H and O–H groups in total. The first kappa shape index (κ1) is 8.32. The first-order valence-electron chi connectivity index (χ1n) is 3.23. The van der Waals surface area contributed by atoms with Gasteiger partial charge in [-0.2, -0.15) is 0 Å². The fourth-order valence-electron chi connectivity index (χ4n) is 0.870. The largest absolute Gasteiger partial charge is 0.477 e. The standard InChI is InChI=1S/C7H8N2O3/c1-9-5(7(11)12)3-2-4(8)6(9)10/h2-3H,8H2,1H3,(H,11,12). The van der Waals surface area contributed by atoms with Crippen molar-refractivity contribution in [2.24, 2.45) is 7.05 Å². The molecule has 0 aliphatic rings. The van der Waals surface area contributed by atoms with Crippen molar-refractivity contribution in [2.45, 2.75) is 0 Å². The number of nitrogen functional groups attached to an aromatic ring is 1. The summed E-state index contributed by atoms with van der Waals surface area (Å²) in [5, 5.41) is 8.58. The van der Waals surface area contributed by atoms with Gasteiger partial charge in [0, 0.05) is 7.05 Å². The van der Waals surface area contributed by atoms with Gasteiger partial charge >= 0.3 is 5.97 Å². The van der Waals surface area contributed by atoms with Crippen LogP contribution in [0.3, 0.4) is 0 Å². The SMILES string of the molecule is Cn1c(C(=O)O)ccc(N)c1=O. The van der Waals surface area contributed by atoms with Crippen LogP contribution in [-0.2, 0) is 7.05 Å². The van der Waals surface area contributed by atoms with E-state index >= 15 is 0 Å². The molecule has 0 saturated carbocycles. The summed E-state index contributed by atoms with van der Waals surface area (Å²) in [4.78, 5) is 21.6. The minimum atomic E-state index is -1.14. The molecular weight excluding hydrogens is 160 g/mol. The number of aromatic carboxylic acids is 1. The second kappa shape index (κ2) is 2.69. The van der Waals surface area contributed by atoms with Crippen LogP contribution < -0.4 is 11.3 Å². The van der Waals surface area contributed by atoms with Crippen LogP contribution in [0.5, 0.6) is 0 Å². The minimum absolute atomic E-state index is 0.0440. The van der Waals surface area contributed by atoms with E-state index in [0.717, 1.165) is 4.57 Å². The van der Waals surface area contributed by atoms with Crippen molar-refractivity contribution in [1.29, 1.82) is 0 Å². The van der Waals surface area contributed by atoms with E-state index in [4.69, 9.17) is 10.8 Å². The molecule has 12 heavy (non-hydrogen) atoms. The number of nitrogens with zero attached hydrogens (tertiary/aromatic N) is 1. The van der Waals surface area contributed by atoms with E-state index in [0.29, 0.717) is 0 Å². The fraction of sp³-hybridized carbons (Fsp3) is 0.143. The molecule has 1 rings (SSSR count). The van der Waals surface area contributed by atoms with E-state index in [-0.39, 0.29) is 11.4 Å². The van der Waals surface area contributed by atoms with Crippen molar-refractivity contribution in [3.8, 4) is 0 Å². The summed E-state index contributed by atoms with van der Waals surface area (Å²) in [7, 11) is 1.36. The van der Waals surface area contributed by atoms with Gasteiger partial charge in [0.15, 0.2) is 0 Å². The van der Waals surface area contributed by atoms with Crippen molar-refractivity contribution < 1.29 is 9.90 Å². The Morgan fingerprint density at radius 3 is 2.67 bits per heavy atom. The molecule has 0 aromatic carbocycles. The van der Waals surface area contributed by atoms with Crippen LogP contribution in [0.15, 0.2) is 16.9 Å². The summed E-state index contributed by atoms with van der Waals surface area (Å²) >= 11 is 0. The van der Waals surface area contributed by atoms with Gasteiger partial charge in [0.05, 0.1) is 5.69 Å². The van der Waals surface area contributed by atoms with E-state index in [9.17, 15) is 9.59 Å². The number of carboxylic acid groups (broad SMARTS) is 1. The highest BCUT2D eigenvalue weighted by molar-refractivity contribution is 5.85. The lowest BCUT2D eigenvalue weighted by Gasteiger charge is -2.02. The highest BCUT2D eigenvalue weighted by atomic mass is 16.4. The molecule has 5 nitrogen and oxygen atoms in total. The van der Waals surface area contributed by atoms with Crippen LogP contribution in [0.4, 0.5) is 5.69 Å². The van der Waals surface area contributed by atoms with Crippen LogP contribution in [0.2, 0.25) is 0 Å². The van der Waals surface area contributed by atoms with Crippen molar-refractivity contribution in [1.82, 2.24) is 4.57 Å². The number of hydrogen-bond donors (Lipinski definition) is 2. The zero-order chi connectivity index (χ0) is 9.30. The van der Waals surface area contributed by atoms with Gasteiger partial charge in [0.1, 0.15) is 5.69 Å². The smallest absolute Gasteiger partial charge is 0.352 e. The van der Waals surface area contributed by atoms with E-state index < -0.39 is 11.5 Å². The molecule has 0 aliphatic heterocycles. The predicted octanol–water partition coefficient (Wildman–Crippen LogP) is -0.334. The summed E-state index contributed by atoms with van der Waals surface area (Å²) in [6.45, 7) is 0. The first-order valence-corrected chi connectivity index (χ1v) is 3.23. The van der Waals surface area contributed by atoms with Gasteiger partial charge < -0.3 is 15.4 Å². The molecule has 0 atom stereocenters. The highest BCUT2D eigenvalue weighted by Gasteiger charge is 2.08. The molecule has 0 radical (unpaired) electrons. The maximum absolute atomic E-state index is 11.1. The minimum Gasteiger partial charge on any atom is -0.477 e. The molecule has 0 bridgehead atoms. The summed E-state index contributed by atoms with van der Waals surface area (Å²) in [6, 6.07) is 2.57. The molecule has 1 aromatic heterocycles. The second-order valence-corrected chi connectivity index (χ2v) is 2.34. The number of hydrogen-bond acceptors (Lipinski definition) is 3. The average Bonchev–Trinajstić information content (AvgIpc) is 2.00. The number of nitrogens with two attached hydrogens (primary N) is 1. The maximum atomic E-state index is 11.1. The first-order chi connectivity index (χ1) is 5.54. The normalized spacial score (nSPS) is 9.75. The average molecular weight is 168 g/mol. The van der Waals surface area contributed by atoms with Gasteiger partial charge in [-0.05, 0) is 12.1 Å². The lowest BCUT2D eigenvalue weighted by atomic mass is 10.3. The van der Waals surface area contributed by atoms with Crippen molar-refractivity contribution in [3.05, 3.63) is 28.2 Å². The molecule has 64 valence electrons. The zero-order valence-electron chi connectivity index (χ0n) is 6.44. The molecule has 5 heteroatoms. The predicted molar refractivity (Wildman–Crippen MR) is 43.1 cm³/mol. The fourth-order valence-corrected chi connectivity index (χ4v) is 0.870. The van der Waals surface area contributed by atoms with Gasteiger partial charge in [-0.3, -0.25) is 4.79 Å². The second-order valence-electron chi connectivity index (χ2n) is 2.34. The molecule has 0 fully saturated rings. The molecule has 0 unspecified atom stereocenters. The number of carbonyl (C=O) groups is 1. The Kier molecular flexibility index (Phi) is 1.86. The molecule has 1 aromatic rings. The molecule has 0 spiro atoms. The monoisotopic (exact) mass is 168 g/mol. The van der Waals surface area contributed by atoms with Crippen molar-refractivity contribution >= 4 is 11.7 Å². The van der Waals surface area contributed by atoms with Gasteiger partial charge in [-0.25, -0.2) is 4.79 Å². The van der Waals surface area contributed by atoms with E-state index in [1.165, 1.54) is 19.2 Å². The Labute approximate surface area is 68.0 Å². The summed E-state index contributed by atoms with van der Waals surface area (Å²) < 4.78 is 0.998. The number of rotatable bonds is 1. The van der Waals surface area contributed by atoms with Gasteiger partial charge in [-0.15, -0.1) is 0 Å². The van der Waals surface area contributed by atoms with Crippen LogP contribution in [-0.4, -0.2) is 15.6 Å². The Balaban J connectivity index is 3.47. The van der Waals surface area contributed by atoms with Crippen LogP contribution in [0.1, 0.15) is 10.5 Å². The number of anilines is 1. The third-order valence-electron chi connectivity index (χ3n) is 1.55. The quantitative estimate of drug-likeness (QED) is 0.601. The Hall–Kier alpha value is -1.78. The maximum Gasteiger partial charge on any atom is 0.352 e. The van der Waals surface area contributed by atoms with Crippen LogP contribution >= 0.6 is 0 Å². The lowest BCUT2D eigenvalue weighted by molar-refractivity contribution is 0.0685. The number of pyridine rings is 1. The molecule has 1 heterocycles. The number of carboxylic acids is 1. The number of aromatic nitrogens is 1. The zero-order valence-corrected chi connectivity index (χ0v) is 6.44. The van der Waals surface area contributed by atoms with E-state index in [1.807, 2.05) is 0 Å². The third kappa shape index (κ3) is 1.16. The molecule has 0 aliphatic carbocycles. The van der Waals surface area contributed by atoms with Crippen LogP contribution in [0, 0.1) is 0 Å². The summed E-state index contributed by atoms with van der Waals surface area (Å²) in [5.74, 6) is -1.14.